The molecule has 0 aromatic carbocycles. The van der Waals surface area contributed by atoms with Gasteiger partial charge in [0.1, 0.15) is 0 Å². The molecule has 106 valence electrons. The van der Waals surface area contributed by atoms with Crippen LogP contribution in [0.5, 0.6) is 0 Å². The summed E-state index contributed by atoms with van der Waals surface area (Å²) < 4.78 is 5.71. The van der Waals surface area contributed by atoms with Crippen LogP contribution in [-0.4, -0.2) is 61.0 Å². The number of likely N-dealkylation sites (tertiary alicyclic amines) is 1. The fourth-order valence-corrected chi connectivity index (χ4v) is 3.14. The SMILES string of the molecule is CC1CN(CC2CCCO2)CCC1N[C@@H](C)CO. The Bertz CT molecular complexity index is 244. The van der Waals surface area contributed by atoms with Gasteiger partial charge >= 0.3 is 0 Å². The molecule has 0 bridgehead atoms. The fraction of sp³-hybridized carbons (Fsp3) is 1.00. The van der Waals surface area contributed by atoms with Gasteiger partial charge in [0.05, 0.1) is 12.7 Å². The molecule has 2 fully saturated rings. The zero-order chi connectivity index (χ0) is 13.0. The molecule has 2 N–H and O–H groups in total. The molecule has 0 aromatic heterocycles. The summed E-state index contributed by atoms with van der Waals surface area (Å²) in [5, 5.41) is 12.6. The van der Waals surface area contributed by atoms with Gasteiger partial charge in [-0.2, -0.15) is 0 Å². The second-order valence-electron chi connectivity index (χ2n) is 6.02. The van der Waals surface area contributed by atoms with Gasteiger partial charge in [-0.3, -0.25) is 0 Å². The largest absolute Gasteiger partial charge is 0.395 e. The van der Waals surface area contributed by atoms with Crippen LogP contribution in [-0.2, 0) is 4.74 Å². The molecule has 2 aliphatic heterocycles. The number of ether oxygens (including phenoxy) is 1. The van der Waals surface area contributed by atoms with Gasteiger partial charge in [0.15, 0.2) is 0 Å². The van der Waals surface area contributed by atoms with Gasteiger partial charge in [-0.05, 0) is 38.6 Å². The molecule has 0 aliphatic carbocycles. The number of aliphatic hydroxyl groups excluding tert-OH is 1. The summed E-state index contributed by atoms with van der Waals surface area (Å²) >= 11 is 0. The van der Waals surface area contributed by atoms with E-state index in [2.05, 4.69) is 17.1 Å². The fourth-order valence-electron chi connectivity index (χ4n) is 3.14. The summed E-state index contributed by atoms with van der Waals surface area (Å²) in [4.78, 5) is 2.54. The second-order valence-corrected chi connectivity index (χ2v) is 6.02. The first kappa shape index (κ1) is 14.3. The van der Waals surface area contributed by atoms with Crippen molar-refractivity contribution in [3.05, 3.63) is 0 Å². The van der Waals surface area contributed by atoms with Gasteiger partial charge in [0.2, 0.25) is 0 Å². The van der Waals surface area contributed by atoms with Crippen molar-refractivity contribution in [2.75, 3.05) is 32.8 Å². The van der Waals surface area contributed by atoms with E-state index in [-0.39, 0.29) is 12.6 Å². The van der Waals surface area contributed by atoms with Crippen molar-refractivity contribution in [3.8, 4) is 0 Å². The Hall–Kier alpha value is -0.160. The van der Waals surface area contributed by atoms with Crippen molar-refractivity contribution < 1.29 is 9.84 Å². The van der Waals surface area contributed by atoms with E-state index in [0.717, 1.165) is 26.2 Å². The monoisotopic (exact) mass is 256 g/mol. The highest BCUT2D eigenvalue weighted by atomic mass is 16.5. The van der Waals surface area contributed by atoms with E-state index in [4.69, 9.17) is 9.84 Å². The first-order valence-corrected chi connectivity index (χ1v) is 7.40. The number of rotatable bonds is 5. The normalized spacial score (nSPS) is 35.8. The molecule has 2 aliphatic rings. The van der Waals surface area contributed by atoms with Crippen LogP contribution in [0.1, 0.15) is 33.1 Å². The number of nitrogens with one attached hydrogen (secondary N) is 1. The molecule has 18 heavy (non-hydrogen) atoms. The summed E-state index contributed by atoms with van der Waals surface area (Å²) in [6, 6.07) is 0.759. The molecule has 4 atom stereocenters. The lowest BCUT2D eigenvalue weighted by atomic mass is 9.93. The van der Waals surface area contributed by atoms with Crippen LogP contribution < -0.4 is 5.32 Å². The van der Waals surface area contributed by atoms with E-state index >= 15 is 0 Å². The minimum absolute atomic E-state index is 0.210. The molecular weight excluding hydrogens is 228 g/mol. The first-order chi connectivity index (χ1) is 8.69. The minimum Gasteiger partial charge on any atom is -0.395 e. The van der Waals surface area contributed by atoms with Gasteiger partial charge in [-0.15, -0.1) is 0 Å². The highest BCUT2D eigenvalue weighted by molar-refractivity contribution is 4.85. The zero-order valence-corrected chi connectivity index (χ0v) is 11.8. The molecule has 0 saturated carbocycles. The molecule has 4 nitrogen and oxygen atoms in total. The van der Waals surface area contributed by atoms with Gasteiger partial charge in [-0.1, -0.05) is 6.92 Å². The topological polar surface area (TPSA) is 44.7 Å². The van der Waals surface area contributed by atoms with E-state index in [1.807, 2.05) is 6.92 Å². The summed E-state index contributed by atoms with van der Waals surface area (Å²) in [5.41, 5.74) is 0. The zero-order valence-electron chi connectivity index (χ0n) is 11.8. The van der Waals surface area contributed by atoms with Crippen molar-refractivity contribution in [1.29, 1.82) is 0 Å². The Morgan fingerprint density at radius 2 is 2.28 bits per heavy atom. The molecule has 3 unspecified atom stereocenters. The predicted octanol–water partition coefficient (Wildman–Crippen LogP) is 0.846. The van der Waals surface area contributed by atoms with Crippen LogP contribution in [0.25, 0.3) is 0 Å². The maximum atomic E-state index is 9.10. The van der Waals surface area contributed by atoms with Crippen molar-refractivity contribution in [2.24, 2.45) is 5.92 Å². The molecule has 4 heteroatoms. The summed E-state index contributed by atoms with van der Waals surface area (Å²) in [5.74, 6) is 0.647. The van der Waals surface area contributed by atoms with Crippen molar-refractivity contribution in [1.82, 2.24) is 10.2 Å². The predicted molar refractivity (Wildman–Crippen MR) is 72.7 cm³/mol. The molecule has 2 saturated heterocycles. The average Bonchev–Trinajstić information content (AvgIpc) is 2.85. The molecule has 0 aromatic rings. The van der Waals surface area contributed by atoms with Crippen molar-refractivity contribution >= 4 is 0 Å². The highest BCUT2D eigenvalue weighted by Gasteiger charge is 2.28. The van der Waals surface area contributed by atoms with Gasteiger partial charge in [0.25, 0.3) is 0 Å². The van der Waals surface area contributed by atoms with Crippen LogP contribution in [0.4, 0.5) is 0 Å². The standard InChI is InChI=1S/C14H28N2O2/c1-11-8-16(9-13-4-3-7-18-13)6-5-14(11)15-12(2)10-17/h11-15,17H,3-10H2,1-2H3/t11?,12-,13?,14?/m0/s1. The van der Waals surface area contributed by atoms with E-state index in [0.29, 0.717) is 18.1 Å². The van der Waals surface area contributed by atoms with Crippen LogP contribution in [0.15, 0.2) is 0 Å². The number of hydrogen-bond donors (Lipinski definition) is 2. The first-order valence-electron chi connectivity index (χ1n) is 7.40. The third-order valence-electron chi connectivity index (χ3n) is 4.25. The number of nitrogens with zero attached hydrogens (tertiary/aromatic N) is 1. The van der Waals surface area contributed by atoms with Crippen LogP contribution in [0, 0.1) is 5.92 Å². The van der Waals surface area contributed by atoms with Crippen molar-refractivity contribution in [2.45, 2.75) is 51.3 Å². The minimum atomic E-state index is 0.210. The summed E-state index contributed by atoms with van der Waals surface area (Å²) in [7, 11) is 0. The van der Waals surface area contributed by atoms with E-state index in [9.17, 15) is 0 Å². The summed E-state index contributed by atoms with van der Waals surface area (Å²) in [6.45, 7) is 8.94. The number of piperidine rings is 1. The van der Waals surface area contributed by atoms with Crippen LogP contribution in [0.2, 0.25) is 0 Å². The molecule has 0 amide bonds. The quantitative estimate of drug-likeness (QED) is 0.765. The maximum Gasteiger partial charge on any atom is 0.0702 e. The highest BCUT2D eigenvalue weighted by Crippen LogP contribution is 2.20. The Labute approximate surface area is 111 Å². The Morgan fingerprint density at radius 1 is 1.44 bits per heavy atom. The molecule has 0 spiro atoms. The molecule has 2 rings (SSSR count). The van der Waals surface area contributed by atoms with Crippen LogP contribution >= 0.6 is 0 Å². The third kappa shape index (κ3) is 3.92. The lowest BCUT2D eigenvalue weighted by Crippen LogP contribution is -2.52. The van der Waals surface area contributed by atoms with E-state index < -0.39 is 0 Å². The lowest BCUT2D eigenvalue weighted by Gasteiger charge is -2.39. The van der Waals surface area contributed by atoms with E-state index in [1.54, 1.807) is 0 Å². The Balaban J connectivity index is 1.73. The summed E-state index contributed by atoms with van der Waals surface area (Å²) in [6.07, 6.45) is 4.11. The molecular formula is C14H28N2O2. The smallest absolute Gasteiger partial charge is 0.0702 e. The third-order valence-corrected chi connectivity index (χ3v) is 4.25. The van der Waals surface area contributed by atoms with Crippen LogP contribution in [0.3, 0.4) is 0 Å². The average molecular weight is 256 g/mol. The van der Waals surface area contributed by atoms with Gasteiger partial charge in [0, 0.05) is 31.8 Å². The lowest BCUT2D eigenvalue weighted by molar-refractivity contribution is 0.0492. The van der Waals surface area contributed by atoms with Gasteiger partial charge < -0.3 is 20.1 Å². The number of hydrogen-bond acceptors (Lipinski definition) is 4. The molecule has 0 radical (unpaired) electrons. The Morgan fingerprint density at radius 3 is 2.89 bits per heavy atom. The number of aliphatic hydroxyl groups is 1. The molecule has 2 heterocycles. The van der Waals surface area contributed by atoms with Gasteiger partial charge in [-0.25, -0.2) is 0 Å². The van der Waals surface area contributed by atoms with E-state index in [1.165, 1.54) is 19.3 Å². The second kappa shape index (κ2) is 6.85. The Kier molecular flexibility index (Phi) is 5.42. The maximum absolute atomic E-state index is 9.10. The van der Waals surface area contributed by atoms with Crippen molar-refractivity contribution in [3.63, 3.8) is 0 Å².